The molecule has 0 saturated carbocycles. The number of hydrogen-bond acceptors (Lipinski definition) is 5. The van der Waals surface area contributed by atoms with Gasteiger partial charge in [0.25, 0.3) is 0 Å². The molecule has 0 bridgehead atoms. The lowest BCUT2D eigenvalue weighted by atomic mass is 10.0. The lowest BCUT2D eigenvalue weighted by molar-refractivity contribution is -0.138. The second-order valence-corrected chi connectivity index (χ2v) is 7.84. The molecule has 0 aromatic carbocycles. The van der Waals surface area contributed by atoms with Crippen molar-refractivity contribution in [2.75, 3.05) is 45.8 Å². The van der Waals surface area contributed by atoms with Crippen LogP contribution in [0.2, 0.25) is 0 Å². The average Bonchev–Trinajstić information content (AvgIpc) is 3.19. The normalized spacial score (nSPS) is 26.3. The molecule has 1 amide bonds. The van der Waals surface area contributed by atoms with Crippen LogP contribution in [0.5, 0.6) is 0 Å². The first-order chi connectivity index (χ1) is 12.8. The van der Waals surface area contributed by atoms with E-state index in [9.17, 15) is 4.79 Å². The predicted octanol–water partition coefficient (Wildman–Crippen LogP) is 0.942. The van der Waals surface area contributed by atoms with Gasteiger partial charge in [-0.2, -0.15) is 0 Å². The molecule has 142 valence electrons. The quantitative estimate of drug-likeness (QED) is 0.869. The van der Waals surface area contributed by atoms with Crippen LogP contribution >= 0.6 is 0 Å². The van der Waals surface area contributed by atoms with Crippen molar-refractivity contribution < 1.29 is 4.79 Å². The Morgan fingerprint density at radius 3 is 2.65 bits per heavy atom. The van der Waals surface area contributed by atoms with Crippen molar-refractivity contribution in [3.8, 4) is 0 Å². The summed E-state index contributed by atoms with van der Waals surface area (Å²) in [5.74, 6) is 0.377. The fourth-order valence-corrected chi connectivity index (χ4v) is 4.72. The summed E-state index contributed by atoms with van der Waals surface area (Å²) < 4.78 is 0. The molecule has 3 aliphatic heterocycles. The number of hydrogen-bond donors (Lipinski definition) is 1. The molecule has 0 aliphatic carbocycles. The van der Waals surface area contributed by atoms with E-state index in [0.717, 1.165) is 58.8 Å². The van der Waals surface area contributed by atoms with E-state index in [1.165, 1.54) is 24.8 Å². The number of likely N-dealkylation sites (tertiary alicyclic amines) is 1. The number of pyridine rings is 1. The topological polar surface area (TPSA) is 51.7 Å². The van der Waals surface area contributed by atoms with E-state index < -0.39 is 0 Å². The summed E-state index contributed by atoms with van der Waals surface area (Å²) in [4.78, 5) is 24.4. The molecule has 0 spiro atoms. The second-order valence-electron chi connectivity index (χ2n) is 7.84. The van der Waals surface area contributed by atoms with Crippen molar-refractivity contribution in [2.24, 2.45) is 0 Å². The lowest BCUT2D eigenvalue weighted by Gasteiger charge is -2.40. The highest BCUT2D eigenvalue weighted by Gasteiger charge is 2.38. The highest BCUT2D eigenvalue weighted by molar-refractivity contribution is 5.82. The zero-order chi connectivity index (χ0) is 17.8. The maximum Gasteiger partial charge on any atom is 0.240 e. The van der Waals surface area contributed by atoms with Crippen LogP contribution in [0.4, 0.5) is 0 Å². The summed E-state index contributed by atoms with van der Waals surface area (Å²) in [6, 6.07) is 4.84. The Hall–Kier alpha value is -1.50. The van der Waals surface area contributed by atoms with Gasteiger partial charge in [0.05, 0.1) is 6.04 Å². The number of piperidine rings is 1. The van der Waals surface area contributed by atoms with E-state index >= 15 is 0 Å². The van der Waals surface area contributed by atoms with Crippen LogP contribution in [0.25, 0.3) is 0 Å². The SMILES string of the molecule is O=C([C@@H]1CCCN1C1CCNCC1)N1CCN(Cc2cccnc2)CC1. The Bertz CT molecular complexity index is 581. The molecule has 1 atom stereocenters. The standard InChI is InChI=1S/C20H31N5O/c26-20(19-4-2-10-25(19)18-5-8-21-9-6-18)24-13-11-23(12-14-24)16-17-3-1-7-22-15-17/h1,3,7,15,18-19,21H,2,4-6,8-14,16H2/t19-/m0/s1. The number of rotatable bonds is 4. The first-order valence-electron chi connectivity index (χ1n) is 10.2. The van der Waals surface area contributed by atoms with E-state index in [0.29, 0.717) is 11.9 Å². The Morgan fingerprint density at radius 2 is 1.92 bits per heavy atom. The average molecular weight is 358 g/mol. The monoisotopic (exact) mass is 357 g/mol. The van der Waals surface area contributed by atoms with Crippen molar-refractivity contribution >= 4 is 5.91 Å². The maximum absolute atomic E-state index is 13.2. The van der Waals surface area contributed by atoms with Crippen LogP contribution in [0.15, 0.2) is 24.5 Å². The number of aromatic nitrogens is 1. The van der Waals surface area contributed by atoms with Gasteiger partial charge in [0.2, 0.25) is 5.91 Å². The highest BCUT2D eigenvalue weighted by Crippen LogP contribution is 2.26. The maximum atomic E-state index is 13.2. The molecular formula is C20H31N5O. The summed E-state index contributed by atoms with van der Waals surface area (Å²) in [6.45, 7) is 7.85. The smallest absolute Gasteiger partial charge is 0.240 e. The number of nitrogens with one attached hydrogen (secondary N) is 1. The van der Waals surface area contributed by atoms with Gasteiger partial charge in [-0.1, -0.05) is 6.07 Å². The predicted molar refractivity (Wildman–Crippen MR) is 102 cm³/mol. The van der Waals surface area contributed by atoms with Crippen LogP contribution in [-0.4, -0.2) is 83.5 Å². The summed E-state index contributed by atoms with van der Waals surface area (Å²) in [6.07, 6.45) is 8.33. The van der Waals surface area contributed by atoms with Crippen LogP contribution < -0.4 is 5.32 Å². The molecule has 1 N–H and O–H groups in total. The van der Waals surface area contributed by atoms with Crippen LogP contribution in [0.1, 0.15) is 31.2 Å². The van der Waals surface area contributed by atoms with Crippen molar-refractivity contribution in [2.45, 2.75) is 44.3 Å². The van der Waals surface area contributed by atoms with Crippen molar-refractivity contribution in [3.63, 3.8) is 0 Å². The summed E-state index contributed by atoms with van der Waals surface area (Å²) in [5.41, 5.74) is 1.25. The molecule has 1 aromatic rings. The number of nitrogens with zero attached hydrogens (tertiary/aromatic N) is 4. The molecule has 6 nitrogen and oxygen atoms in total. The lowest BCUT2D eigenvalue weighted by Crippen LogP contribution is -2.55. The second kappa shape index (κ2) is 8.46. The van der Waals surface area contributed by atoms with Crippen molar-refractivity contribution in [1.29, 1.82) is 0 Å². The molecule has 0 unspecified atom stereocenters. The summed E-state index contributed by atoms with van der Waals surface area (Å²) in [7, 11) is 0. The van der Waals surface area contributed by atoms with Crippen molar-refractivity contribution in [1.82, 2.24) is 25.0 Å². The number of carbonyl (C=O) groups is 1. The fourth-order valence-electron chi connectivity index (χ4n) is 4.72. The fraction of sp³-hybridized carbons (Fsp3) is 0.700. The Balaban J connectivity index is 1.30. The largest absolute Gasteiger partial charge is 0.339 e. The van der Waals surface area contributed by atoms with Gasteiger partial charge in [0.1, 0.15) is 0 Å². The number of carbonyl (C=O) groups excluding carboxylic acids is 1. The van der Waals surface area contributed by atoms with Gasteiger partial charge in [-0.05, 0) is 56.9 Å². The highest BCUT2D eigenvalue weighted by atomic mass is 16.2. The summed E-state index contributed by atoms with van der Waals surface area (Å²) in [5, 5.41) is 3.44. The molecule has 26 heavy (non-hydrogen) atoms. The minimum Gasteiger partial charge on any atom is -0.339 e. The minimum atomic E-state index is 0.128. The van der Waals surface area contributed by atoms with E-state index in [2.05, 4.69) is 31.1 Å². The summed E-state index contributed by atoms with van der Waals surface area (Å²) >= 11 is 0. The molecule has 4 heterocycles. The van der Waals surface area contributed by atoms with Crippen LogP contribution in [0.3, 0.4) is 0 Å². The van der Waals surface area contributed by atoms with Gasteiger partial charge in [-0.15, -0.1) is 0 Å². The third kappa shape index (κ3) is 4.08. The van der Waals surface area contributed by atoms with Crippen molar-refractivity contribution in [3.05, 3.63) is 30.1 Å². The Kier molecular flexibility index (Phi) is 5.82. The molecule has 6 heteroatoms. The third-order valence-corrected chi connectivity index (χ3v) is 6.17. The molecular weight excluding hydrogens is 326 g/mol. The molecule has 3 aliphatic rings. The van der Waals surface area contributed by atoms with E-state index in [-0.39, 0.29) is 6.04 Å². The number of amides is 1. The molecule has 1 aromatic heterocycles. The zero-order valence-corrected chi connectivity index (χ0v) is 15.6. The van der Waals surface area contributed by atoms with Crippen LogP contribution in [-0.2, 0) is 11.3 Å². The van der Waals surface area contributed by atoms with E-state index in [1.807, 2.05) is 18.5 Å². The van der Waals surface area contributed by atoms with Gasteiger partial charge < -0.3 is 10.2 Å². The van der Waals surface area contributed by atoms with Gasteiger partial charge in [0.15, 0.2) is 0 Å². The van der Waals surface area contributed by atoms with Crippen LogP contribution in [0, 0.1) is 0 Å². The van der Waals surface area contributed by atoms with E-state index in [1.54, 1.807) is 0 Å². The number of piperazine rings is 1. The Labute approximate surface area is 156 Å². The minimum absolute atomic E-state index is 0.128. The molecule has 3 saturated heterocycles. The first kappa shape index (κ1) is 17.9. The molecule has 4 rings (SSSR count). The van der Waals surface area contributed by atoms with Gasteiger partial charge in [0, 0.05) is 51.2 Å². The first-order valence-corrected chi connectivity index (χ1v) is 10.2. The third-order valence-electron chi connectivity index (χ3n) is 6.17. The van der Waals surface area contributed by atoms with E-state index in [4.69, 9.17) is 0 Å². The van der Waals surface area contributed by atoms with Gasteiger partial charge >= 0.3 is 0 Å². The zero-order valence-electron chi connectivity index (χ0n) is 15.6. The van der Waals surface area contributed by atoms with Gasteiger partial charge in [-0.25, -0.2) is 0 Å². The Morgan fingerprint density at radius 1 is 1.12 bits per heavy atom. The molecule has 0 radical (unpaired) electrons. The van der Waals surface area contributed by atoms with Gasteiger partial charge in [-0.3, -0.25) is 19.6 Å². The molecule has 3 fully saturated rings.